The Morgan fingerprint density at radius 2 is 2.12 bits per heavy atom. The van der Waals surface area contributed by atoms with E-state index < -0.39 is 5.97 Å². The van der Waals surface area contributed by atoms with Crippen LogP contribution in [-0.2, 0) is 6.54 Å². The molecule has 0 bridgehead atoms. The van der Waals surface area contributed by atoms with Crippen LogP contribution < -0.4 is 4.74 Å². The number of aromatic carboxylic acids is 1. The average molecular weight is 403 g/mol. The fourth-order valence-electron chi connectivity index (χ4n) is 2.65. The number of fused-ring (bicyclic) bond motifs is 1. The molecular formula is C19H19BrN2O3. The summed E-state index contributed by atoms with van der Waals surface area (Å²) in [6, 6.07) is 11.1. The van der Waals surface area contributed by atoms with Crippen molar-refractivity contribution in [3.8, 4) is 5.75 Å². The van der Waals surface area contributed by atoms with E-state index >= 15 is 0 Å². The molecule has 0 radical (unpaired) electrons. The van der Waals surface area contributed by atoms with Gasteiger partial charge >= 0.3 is 5.97 Å². The molecule has 0 atom stereocenters. The predicted octanol–water partition coefficient (Wildman–Crippen LogP) is 4.58. The molecule has 0 aliphatic carbocycles. The number of aromatic nitrogens is 2. The first-order valence-corrected chi connectivity index (χ1v) is 8.84. The van der Waals surface area contributed by atoms with Crippen molar-refractivity contribution in [1.82, 2.24) is 9.78 Å². The first kappa shape index (κ1) is 17.5. The van der Waals surface area contributed by atoms with Crippen molar-refractivity contribution in [1.29, 1.82) is 0 Å². The number of halogens is 1. The third kappa shape index (κ3) is 3.85. The maximum absolute atomic E-state index is 11.4. The smallest absolute Gasteiger partial charge is 0.336 e. The Morgan fingerprint density at radius 3 is 2.84 bits per heavy atom. The van der Waals surface area contributed by atoms with Gasteiger partial charge in [-0.05, 0) is 36.2 Å². The number of hydrogen-bond acceptors (Lipinski definition) is 3. The monoisotopic (exact) mass is 402 g/mol. The van der Waals surface area contributed by atoms with Gasteiger partial charge in [0.15, 0.2) is 0 Å². The molecule has 5 nitrogen and oxygen atoms in total. The van der Waals surface area contributed by atoms with Gasteiger partial charge in [-0.2, -0.15) is 5.10 Å². The summed E-state index contributed by atoms with van der Waals surface area (Å²) < 4.78 is 8.68. The summed E-state index contributed by atoms with van der Waals surface area (Å²) in [5.74, 6) is 0.295. The fraction of sp³-hybridized carbons (Fsp3) is 0.263. The molecule has 3 aromatic rings. The first-order chi connectivity index (χ1) is 12.0. The van der Waals surface area contributed by atoms with Crippen LogP contribution in [0.5, 0.6) is 5.75 Å². The second kappa shape index (κ2) is 7.27. The first-order valence-electron chi connectivity index (χ1n) is 8.04. The Kier molecular flexibility index (Phi) is 5.08. The van der Waals surface area contributed by atoms with Gasteiger partial charge in [0, 0.05) is 15.4 Å². The van der Waals surface area contributed by atoms with E-state index in [1.165, 1.54) is 0 Å². The number of carboxylic acid groups (broad SMARTS) is 1. The molecule has 1 heterocycles. The molecule has 0 spiro atoms. The van der Waals surface area contributed by atoms with E-state index in [-0.39, 0.29) is 5.56 Å². The Hall–Kier alpha value is -2.34. The lowest BCUT2D eigenvalue weighted by Crippen LogP contribution is -2.08. The molecule has 0 aliphatic heterocycles. The third-order valence-electron chi connectivity index (χ3n) is 3.83. The quantitative estimate of drug-likeness (QED) is 0.655. The van der Waals surface area contributed by atoms with Gasteiger partial charge < -0.3 is 9.84 Å². The lowest BCUT2D eigenvalue weighted by Gasteiger charge is -2.14. The summed E-state index contributed by atoms with van der Waals surface area (Å²) in [6.45, 7) is 5.34. The number of benzene rings is 2. The molecular weight excluding hydrogens is 384 g/mol. The minimum absolute atomic E-state index is 0.259. The molecule has 0 aliphatic rings. The van der Waals surface area contributed by atoms with Crippen LogP contribution in [-0.4, -0.2) is 27.5 Å². The highest BCUT2D eigenvalue weighted by Gasteiger charge is 2.14. The van der Waals surface area contributed by atoms with Crippen LogP contribution in [0.4, 0.5) is 0 Å². The predicted molar refractivity (Wildman–Crippen MR) is 100 cm³/mol. The number of ether oxygens (including phenoxy) is 1. The lowest BCUT2D eigenvalue weighted by atomic mass is 10.1. The summed E-state index contributed by atoms with van der Waals surface area (Å²) in [4.78, 5) is 11.4. The van der Waals surface area contributed by atoms with Crippen LogP contribution in [0.1, 0.15) is 29.8 Å². The van der Waals surface area contributed by atoms with Gasteiger partial charge in [-0.25, -0.2) is 4.79 Å². The van der Waals surface area contributed by atoms with Gasteiger partial charge in [0.1, 0.15) is 5.75 Å². The molecule has 0 saturated carbocycles. The van der Waals surface area contributed by atoms with E-state index in [0.29, 0.717) is 24.5 Å². The van der Waals surface area contributed by atoms with Gasteiger partial charge in [0.2, 0.25) is 0 Å². The minimum atomic E-state index is -0.950. The van der Waals surface area contributed by atoms with Crippen molar-refractivity contribution in [2.75, 3.05) is 6.61 Å². The van der Waals surface area contributed by atoms with Gasteiger partial charge in [-0.15, -0.1) is 0 Å². The molecule has 25 heavy (non-hydrogen) atoms. The molecule has 130 valence electrons. The highest BCUT2D eigenvalue weighted by Crippen LogP contribution is 2.26. The zero-order chi connectivity index (χ0) is 18.0. The molecule has 3 rings (SSSR count). The summed E-state index contributed by atoms with van der Waals surface area (Å²) in [7, 11) is 0. The van der Waals surface area contributed by atoms with Gasteiger partial charge in [0.05, 0.1) is 30.4 Å². The topological polar surface area (TPSA) is 64.4 Å². The van der Waals surface area contributed by atoms with Gasteiger partial charge in [-0.1, -0.05) is 35.8 Å². The second-order valence-corrected chi connectivity index (χ2v) is 7.22. The molecule has 1 N–H and O–H groups in total. The maximum atomic E-state index is 11.4. The fourth-order valence-corrected chi connectivity index (χ4v) is 3.05. The number of hydrogen-bond donors (Lipinski definition) is 1. The highest BCUT2D eigenvalue weighted by atomic mass is 79.9. The zero-order valence-corrected chi connectivity index (χ0v) is 15.7. The van der Waals surface area contributed by atoms with Crippen LogP contribution in [0.3, 0.4) is 0 Å². The van der Waals surface area contributed by atoms with E-state index in [2.05, 4.69) is 34.9 Å². The highest BCUT2D eigenvalue weighted by molar-refractivity contribution is 9.10. The SMILES string of the molecule is CC(C)COc1ccc(Br)cc1Cn1ncc2c(C(=O)O)cccc21. The van der Waals surface area contributed by atoms with Crippen molar-refractivity contribution in [2.24, 2.45) is 5.92 Å². The Balaban J connectivity index is 1.97. The van der Waals surface area contributed by atoms with Crippen molar-refractivity contribution in [2.45, 2.75) is 20.4 Å². The summed E-state index contributed by atoms with van der Waals surface area (Å²) in [5, 5.41) is 14.3. The van der Waals surface area contributed by atoms with Crippen LogP contribution in [0.15, 0.2) is 47.1 Å². The largest absolute Gasteiger partial charge is 0.493 e. The minimum Gasteiger partial charge on any atom is -0.493 e. The zero-order valence-electron chi connectivity index (χ0n) is 14.1. The average Bonchev–Trinajstić information content (AvgIpc) is 2.97. The third-order valence-corrected chi connectivity index (χ3v) is 4.33. The van der Waals surface area contributed by atoms with Crippen LogP contribution in [0.25, 0.3) is 10.9 Å². The lowest BCUT2D eigenvalue weighted by molar-refractivity contribution is 0.0699. The molecule has 2 aromatic carbocycles. The van der Waals surface area contributed by atoms with E-state index in [1.807, 2.05) is 24.3 Å². The number of rotatable bonds is 6. The van der Waals surface area contributed by atoms with E-state index in [9.17, 15) is 9.90 Å². The van der Waals surface area contributed by atoms with Crippen molar-refractivity contribution in [3.05, 3.63) is 58.2 Å². The molecule has 0 amide bonds. The Labute approximate surface area is 154 Å². The molecule has 0 saturated heterocycles. The summed E-state index contributed by atoms with van der Waals surface area (Å²) in [6.07, 6.45) is 1.60. The van der Waals surface area contributed by atoms with Crippen LogP contribution >= 0.6 is 15.9 Å². The Bertz CT molecular complexity index is 918. The standard InChI is InChI=1S/C19H19BrN2O3/c1-12(2)11-25-18-7-6-14(20)8-13(18)10-22-17-5-3-4-15(19(23)24)16(17)9-21-22/h3-9,12H,10-11H2,1-2H3,(H,23,24). The second-order valence-electron chi connectivity index (χ2n) is 6.30. The van der Waals surface area contributed by atoms with E-state index in [1.54, 1.807) is 23.0 Å². The maximum Gasteiger partial charge on any atom is 0.336 e. The van der Waals surface area contributed by atoms with Gasteiger partial charge in [0.25, 0.3) is 0 Å². The normalized spacial score (nSPS) is 11.2. The van der Waals surface area contributed by atoms with Crippen molar-refractivity contribution < 1.29 is 14.6 Å². The van der Waals surface area contributed by atoms with Crippen LogP contribution in [0, 0.1) is 5.92 Å². The number of carboxylic acids is 1. The Morgan fingerprint density at radius 1 is 1.32 bits per heavy atom. The number of nitrogens with zero attached hydrogens (tertiary/aromatic N) is 2. The van der Waals surface area contributed by atoms with Gasteiger partial charge in [-0.3, -0.25) is 4.68 Å². The van der Waals surface area contributed by atoms with E-state index in [0.717, 1.165) is 21.3 Å². The van der Waals surface area contributed by atoms with Crippen molar-refractivity contribution >= 4 is 32.8 Å². The molecule has 1 aromatic heterocycles. The molecule has 6 heteroatoms. The van der Waals surface area contributed by atoms with E-state index in [4.69, 9.17) is 4.74 Å². The summed E-state index contributed by atoms with van der Waals surface area (Å²) in [5.41, 5.74) is 2.03. The number of carbonyl (C=O) groups is 1. The van der Waals surface area contributed by atoms with Crippen LogP contribution in [0.2, 0.25) is 0 Å². The molecule has 0 unspecified atom stereocenters. The summed E-state index contributed by atoms with van der Waals surface area (Å²) >= 11 is 3.50. The molecule has 0 fully saturated rings. The van der Waals surface area contributed by atoms with Crippen molar-refractivity contribution in [3.63, 3.8) is 0 Å².